The number of carbonyl (C=O) groups is 1. The van der Waals surface area contributed by atoms with Crippen LogP contribution in [0.4, 0.5) is 10.2 Å². The van der Waals surface area contributed by atoms with Crippen LogP contribution in [-0.2, 0) is 22.7 Å². The van der Waals surface area contributed by atoms with Crippen molar-refractivity contribution in [2.75, 3.05) is 10.6 Å². The first-order valence-corrected chi connectivity index (χ1v) is 16.8. The van der Waals surface area contributed by atoms with Gasteiger partial charge in [-0.15, -0.1) is 0 Å². The van der Waals surface area contributed by atoms with Gasteiger partial charge in [-0.05, 0) is 101 Å². The van der Waals surface area contributed by atoms with Gasteiger partial charge in [-0.25, -0.2) is 4.79 Å². The molecular weight excluding hydrogens is 575 g/mol. The summed E-state index contributed by atoms with van der Waals surface area (Å²) in [5.41, 5.74) is 9.40. The first-order valence-electron chi connectivity index (χ1n) is 15.7. The molecule has 0 amide bonds. The van der Waals surface area contributed by atoms with Crippen LogP contribution in [0.25, 0.3) is 22.4 Å². The summed E-state index contributed by atoms with van der Waals surface area (Å²) in [6.07, 6.45) is 9.92. The fourth-order valence-electron chi connectivity index (χ4n) is 5.82. The largest absolute Gasteiger partial charge is 0.489 e. The fourth-order valence-corrected chi connectivity index (χ4v) is 6.49. The lowest BCUT2D eigenvalue weighted by Crippen LogP contribution is -2.24. The van der Waals surface area contributed by atoms with Crippen molar-refractivity contribution in [1.29, 1.82) is 0 Å². The van der Waals surface area contributed by atoms with Gasteiger partial charge in [0, 0.05) is 21.9 Å². The van der Waals surface area contributed by atoms with E-state index < -0.39 is 11.6 Å². The normalized spacial score (nSPS) is 14.3. The highest BCUT2D eigenvalue weighted by Gasteiger charge is 2.32. The molecule has 2 aromatic carbocycles. The van der Waals surface area contributed by atoms with Gasteiger partial charge in [0.2, 0.25) is 0 Å². The lowest BCUT2D eigenvalue weighted by Gasteiger charge is -2.35. The molecule has 0 spiro atoms. The molecule has 2 aliphatic rings. The van der Waals surface area contributed by atoms with Gasteiger partial charge in [0.1, 0.15) is 5.75 Å². The lowest BCUT2D eigenvalue weighted by atomic mass is 9.82. The Morgan fingerprint density at radius 1 is 1.05 bits per heavy atom. The van der Waals surface area contributed by atoms with Gasteiger partial charge in [0.15, 0.2) is 0 Å². The molecule has 1 saturated carbocycles. The zero-order chi connectivity index (χ0) is 32.6. The van der Waals surface area contributed by atoms with Crippen LogP contribution in [0.5, 0.6) is 5.75 Å². The van der Waals surface area contributed by atoms with Crippen molar-refractivity contribution >= 4 is 23.6 Å². The summed E-state index contributed by atoms with van der Waals surface area (Å²) in [7, 11) is 0. The number of halogens is 1. The summed E-state index contributed by atoms with van der Waals surface area (Å²) >= 11 is 1.63. The predicted octanol–water partition coefficient (Wildman–Crippen LogP) is 9.42. The highest BCUT2D eigenvalue weighted by molar-refractivity contribution is 7.99. The number of carbonyl (C=O) groups excluding carboxylic acids is 1. The van der Waals surface area contributed by atoms with Crippen molar-refractivity contribution in [1.82, 2.24) is 4.98 Å². The first kappa shape index (κ1) is 35.4. The van der Waals surface area contributed by atoms with Gasteiger partial charge in [-0.3, -0.25) is 9.93 Å². The zero-order valence-electron chi connectivity index (χ0n) is 27.8. The number of pyridine rings is 1. The minimum absolute atomic E-state index is 0.143. The Hall–Kier alpha value is -3.10. The van der Waals surface area contributed by atoms with E-state index in [9.17, 15) is 9.32 Å². The first-order chi connectivity index (χ1) is 20.9. The quantitative estimate of drug-likeness (QED) is 0.274. The second-order valence-electron chi connectivity index (χ2n) is 12.3. The number of fused-ring (bicyclic) bond motifs is 3. The maximum Gasteiger partial charge on any atom is 0.353 e. The molecule has 0 saturated heterocycles. The monoisotopic (exact) mass is 624 g/mol. The maximum atomic E-state index is 12.9. The summed E-state index contributed by atoms with van der Waals surface area (Å²) in [6, 6.07) is 10.3. The van der Waals surface area contributed by atoms with E-state index in [1.165, 1.54) is 19.3 Å². The molecule has 5 rings (SSSR count). The summed E-state index contributed by atoms with van der Waals surface area (Å²) in [5, 5.41) is 8.52. The molecule has 1 fully saturated rings. The summed E-state index contributed by atoms with van der Waals surface area (Å²) < 4.78 is 21.5. The van der Waals surface area contributed by atoms with Gasteiger partial charge in [-0.1, -0.05) is 62.0 Å². The standard InChI is InChI=1S/C30H33FN2O3S.C4H10O.C2H6/c1-18-10-12-21(13-11-18)27-20(3)28-29-22(14-24(16-32-29)35-23-8-6-5-7-9-23)17-33(37-4)30(28)19(2)25(27)15-26(34)36-31;1-4(2,3)5;1-2/h10-14,16,23H,5-9,15,17H2,1-4H3;5H,1-3H3;1-2H3. The predicted molar refractivity (Wildman–Crippen MR) is 181 cm³/mol. The summed E-state index contributed by atoms with van der Waals surface area (Å²) in [5.74, 6) is -0.0732. The van der Waals surface area contributed by atoms with E-state index in [2.05, 4.69) is 46.5 Å². The maximum absolute atomic E-state index is 12.9. The molecule has 0 unspecified atom stereocenters. The van der Waals surface area contributed by atoms with Crippen LogP contribution in [0.1, 0.15) is 94.5 Å². The fraction of sp³-hybridized carbons (Fsp3) is 0.500. The van der Waals surface area contributed by atoms with Gasteiger partial charge in [0.25, 0.3) is 0 Å². The molecule has 1 aliphatic carbocycles. The minimum Gasteiger partial charge on any atom is -0.489 e. The minimum atomic E-state index is -0.898. The molecule has 8 heteroatoms. The van der Waals surface area contributed by atoms with Crippen molar-refractivity contribution in [3.63, 3.8) is 0 Å². The van der Waals surface area contributed by atoms with E-state index in [4.69, 9.17) is 14.8 Å². The van der Waals surface area contributed by atoms with E-state index in [0.717, 1.165) is 74.5 Å². The van der Waals surface area contributed by atoms with Crippen LogP contribution in [0.2, 0.25) is 0 Å². The number of hydrogen-bond acceptors (Lipinski definition) is 7. The number of benzene rings is 2. The SMILES string of the molecule is CC.CC(C)(C)O.CSN1Cc2cc(OC3CCCCC3)cnc2-c2c(C)c(-c3ccc(C)cc3)c(CC(=O)OF)c(C)c21. The number of hydrogen-bond donors (Lipinski definition) is 1. The third kappa shape index (κ3) is 8.75. The Morgan fingerprint density at radius 2 is 1.66 bits per heavy atom. The molecule has 1 N–H and O–H groups in total. The molecule has 0 bridgehead atoms. The van der Waals surface area contributed by atoms with E-state index in [-0.39, 0.29) is 12.5 Å². The molecule has 0 atom stereocenters. The Bertz CT molecular complexity index is 1410. The number of nitrogens with zero attached hydrogens (tertiary/aromatic N) is 2. The van der Waals surface area contributed by atoms with Crippen molar-refractivity contribution in [2.24, 2.45) is 0 Å². The smallest absolute Gasteiger partial charge is 0.353 e. The Morgan fingerprint density at radius 3 is 2.23 bits per heavy atom. The van der Waals surface area contributed by atoms with Crippen molar-refractivity contribution in [2.45, 2.75) is 112 Å². The molecule has 240 valence electrons. The van der Waals surface area contributed by atoms with Crippen LogP contribution in [0, 0.1) is 20.8 Å². The van der Waals surface area contributed by atoms with Gasteiger partial charge >= 0.3 is 5.97 Å². The van der Waals surface area contributed by atoms with Crippen LogP contribution < -0.4 is 9.04 Å². The topological polar surface area (TPSA) is 71.9 Å². The van der Waals surface area contributed by atoms with Crippen molar-refractivity contribution in [3.8, 4) is 28.1 Å². The van der Waals surface area contributed by atoms with E-state index in [1.807, 2.05) is 40.1 Å². The van der Waals surface area contributed by atoms with Crippen LogP contribution in [-0.4, -0.2) is 34.0 Å². The van der Waals surface area contributed by atoms with Crippen LogP contribution in [0.3, 0.4) is 0 Å². The molecule has 3 aromatic rings. The molecule has 0 radical (unpaired) electrons. The third-order valence-corrected chi connectivity index (χ3v) is 8.41. The lowest BCUT2D eigenvalue weighted by molar-refractivity contribution is -0.182. The number of aromatic nitrogens is 1. The molecule has 6 nitrogen and oxygen atoms in total. The number of aryl methyl sites for hydroxylation is 1. The Labute approximate surface area is 267 Å². The summed E-state index contributed by atoms with van der Waals surface area (Å²) in [6.45, 7) is 16.0. The number of anilines is 1. The average Bonchev–Trinajstić information content (AvgIpc) is 3.00. The van der Waals surface area contributed by atoms with Crippen molar-refractivity contribution in [3.05, 3.63) is 64.3 Å². The second kappa shape index (κ2) is 15.8. The molecule has 1 aliphatic heterocycles. The third-order valence-electron chi connectivity index (χ3n) is 7.66. The second-order valence-corrected chi connectivity index (χ2v) is 13.1. The number of aliphatic hydroxyl groups is 1. The Balaban J connectivity index is 0.000000688. The van der Waals surface area contributed by atoms with E-state index in [0.29, 0.717) is 6.54 Å². The molecule has 1 aromatic heterocycles. The van der Waals surface area contributed by atoms with Crippen LogP contribution >= 0.6 is 11.9 Å². The highest BCUT2D eigenvalue weighted by Crippen LogP contribution is 2.50. The van der Waals surface area contributed by atoms with E-state index >= 15 is 0 Å². The van der Waals surface area contributed by atoms with E-state index in [1.54, 1.807) is 32.7 Å². The average molecular weight is 625 g/mol. The van der Waals surface area contributed by atoms with Gasteiger partial charge < -0.3 is 14.1 Å². The van der Waals surface area contributed by atoms with Gasteiger partial charge in [0.05, 0.1) is 42.2 Å². The Kier molecular flexibility index (Phi) is 12.7. The highest BCUT2D eigenvalue weighted by atomic mass is 32.2. The number of rotatable bonds is 6. The molecular formula is C36H49FN2O4S. The van der Waals surface area contributed by atoms with Crippen molar-refractivity contribution < 1.29 is 24.1 Å². The molecule has 44 heavy (non-hydrogen) atoms. The number of ether oxygens (including phenoxy) is 1. The summed E-state index contributed by atoms with van der Waals surface area (Å²) in [4.78, 5) is 20.7. The van der Waals surface area contributed by atoms with Crippen LogP contribution in [0.15, 0.2) is 36.5 Å². The van der Waals surface area contributed by atoms with Gasteiger partial charge in [-0.2, -0.15) is 0 Å². The zero-order valence-corrected chi connectivity index (χ0v) is 28.7. The molecule has 2 heterocycles.